The quantitative estimate of drug-likeness (QED) is 0.750. The molecule has 5 nitrogen and oxygen atoms in total. The maximum atomic E-state index is 5.31. The Kier molecular flexibility index (Phi) is 2.96. The van der Waals surface area contributed by atoms with Gasteiger partial charge in [0.05, 0.1) is 12.8 Å². The van der Waals surface area contributed by atoms with Crippen LogP contribution in [0.3, 0.4) is 0 Å². The smallest absolute Gasteiger partial charge is 0.181 e. The van der Waals surface area contributed by atoms with Crippen molar-refractivity contribution in [2.45, 2.75) is 25.3 Å². The zero-order chi connectivity index (χ0) is 14.1. The standard InChI is InChI=1S/C16H16N4O/c1-3-12(16-18-15(19-20-16)11-6-7-11)9-13(4-1)17-10-14-5-2-8-21-14/h1-5,8-9,11,17H,6-7,10H2,(H,18,19,20). The highest BCUT2D eigenvalue weighted by atomic mass is 16.3. The predicted molar refractivity (Wildman–Crippen MR) is 79.8 cm³/mol. The SMILES string of the molecule is c1cc(NCc2ccco2)cc(-c2n[nH]c(C3CC3)n2)c1. The van der Waals surface area contributed by atoms with E-state index >= 15 is 0 Å². The predicted octanol–water partition coefficient (Wildman–Crippen LogP) is 3.55. The molecule has 2 heterocycles. The molecule has 2 N–H and O–H groups in total. The number of nitrogens with zero attached hydrogens (tertiary/aromatic N) is 2. The molecule has 1 saturated carbocycles. The molecule has 5 heteroatoms. The monoisotopic (exact) mass is 280 g/mol. The van der Waals surface area contributed by atoms with Crippen LogP contribution in [0, 0.1) is 0 Å². The number of benzene rings is 1. The van der Waals surface area contributed by atoms with Crippen molar-refractivity contribution in [3.8, 4) is 11.4 Å². The summed E-state index contributed by atoms with van der Waals surface area (Å²) in [5.41, 5.74) is 2.05. The number of aromatic amines is 1. The van der Waals surface area contributed by atoms with Gasteiger partial charge < -0.3 is 9.73 Å². The summed E-state index contributed by atoms with van der Waals surface area (Å²) in [6, 6.07) is 12.0. The summed E-state index contributed by atoms with van der Waals surface area (Å²) < 4.78 is 5.31. The summed E-state index contributed by atoms with van der Waals surface area (Å²) in [5.74, 6) is 3.28. The fourth-order valence-electron chi connectivity index (χ4n) is 2.31. The van der Waals surface area contributed by atoms with Crippen molar-refractivity contribution in [1.29, 1.82) is 0 Å². The molecule has 1 aliphatic rings. The summed E-state index contributed by atoms with van der Waals surface area (Å²) in [4.78, 5) is 4.58. The van der Waals surface area contributed by atoms with Crippen LogP contribution in [0.4, 0.5) is 5.69 Å². The van der Waals surface area contributed by atoms with Crippen LogP contribution in [0.25, 0.3) is 11.4 Å². The first-order valence-corrected chi connectivity index (χ1v) is 7.17. The van der Waals surface area contributed by atoms with Crippen LogP contribution in [0.1, 0.15) is 30.3 Å². The van der Waals surface area contributed by atoms with Crippen LogP contribution in [-0.4, -0.2) is 15.2 Å². The highest BCUT2D eigenvalue weighted by molar-refractivity contribution is 5.62. The Hall–Kier alpha value is -2.56. The van der Waals surface area contributed by atoms with Crippen LogP contribution in [0.5, 0.6) is 0 Å². The van der Waals surface area contributed by atoms with E-state index in [-0.39, 0.29) is 0 Å². The summed E-state index contributed by atoms with van der Waals surface area (Å²) in [6.45, 7) is 0.664. The van der Waals surface area contributed by atoms with Crippen molar-refractivity contribution < 1.29 is 4.42 Å². The lowest BCUT2D eigenvalue weighted by molar-refractivity contribution is 0.518. The van der Waals surface area contributed by atoms with Gasteiger partial charge in [0.15, 0.2) is 5.82 Å². The Morgan fingerprint density at radius 2 is 2.19 bits per heavy atom. The normalized spacial score (nSPS) is 14.3. The van der Waals surface area contributed by atoms with Gasteiger partial charge in [0.2, 0.25) is 0 Å². The van der Waals surface area contributed by atoms with Crippen molar-refractivity contribution >= 4 is 5.69 Å². The fraction of sp³-hybridized carbons (Fsp3) is 0.250. The van der Waals surface area contributed by atoms with Gasteiger partial charge in [-0.2, -0.15) is 5.10 Å². The second-order valence-corrected chi connectivity index (χ2v) is 5.33. The molecule has 0 saturated heterocycles. The number of aromatic nitrogens is 3. The number of H-pyrrole nitrogens is 1. The molecule has 21 heavy (non-hydrogen) atoms. The van der Waals surface area contributed by atoms with Gasteiger partial charge in [-0.1, -0.05) is 12.1 Å². The largest absolute Gasteiger partial charge is 0.467 e. The summed E-state index contributed by atoms with van der Waals surface area (Å²) in [5, 5.41) is 10.7. The van der Waals surface area contributed by atoms with Crippen molar-refractivity contribution in [2.24, 2.45) is 0 Å². The molecule has 106 valence electrons. The molecule has 0 unspecified atom stereocenters. The Labute approximate surface area is 122 Å². The zero-order valence-electron chi connectivity index (χ0n) is 11.5. The Bertz CT molecular complexity index is 728. The molecule has 0 atom stereocenters. The number of hydrogen-bond acceptors (Lipinski definition) is 4. The van der Waals surface area contributed by atoms with E-state index in [0.717, 1.165) is 28.7 Å². The van der Waals surface area contributed by atoms with Crippen LogP contribution in [0.2, 0.25) is 0 Å². The van der Waals surface area contributed by atoms with Crippen molar-refractivity contribution in [3.63, 3.8) is 0 Å². The highest BCUT2D eigenvalue weighted by Gasteiger charge is 2.27. The fourth-order valence-corrected chi connectivity index (χ4v) is 2.31. The summed E-state index contributed by atoms with van der Waals surface area (Å²) >= 11 is 0. The third-order valence-electron chi connectivity index (χ3n) is 3.63. The number of rotatable bonds is 5. The van der Waals surface area contributed by atoms with Crippen LogP contribution >= 0.6 is 0 Å². The lowest BCUT2D eigenvalue weighted by atomic mass is 10.2. The van der Waals surface area contributed by atoms with Crippen molar-refractivity contribution in [3.05, 3.63) is 54.2 Å². The van der Waals surface area contributed by atoms with E-state index in [1.165, 1.54) is 12.8 Å². The molecule has 3 aromatic rings. The van der Waals surface area contributed by atoms with Crippen molar-refractivity contribution in [2.75, 3.05) is 5.32 Å². The molecule has 2 aromatic heterocycles. The maximum Gasteiger partial charge on any atom is 0.181 e. The Morgan fingerprint density at radius 3 is 3.00 bits per heavy atom. The third-order valence-corrected chi connectivity index (χ3v) is 3.63. The van der Waals surface area contributed by atoms with Crippen LogP contribution < -0.4 is 5.32 Å². The minimum absolute atomic E-state index is 0.589. The average Bonchev–Trinajstić information content (AvgIpc) is 3.05. The number of hydrogen-bond donors (Lipinski definition) is 2. The molecule has 1 aromatic carbocycles. The van der Waals surface area contributed by atoms with E-state index in [2.05, 4.69) is 26.6 Å². The topological polar surface area (TPSA) is 66.7 Å². The van der Waals surface area contributed by atoms with Gasteiger partial charge in [-0.15, -0.1) is 0 Å². The first kappa shape index (κ1) is 12.2. The molecule has 0 spiro atoms. The molecular weight excluding hydrogens is 264 g/mol. The van der Waals surface area contributed by atoms with Gasteiger partial charge in [-0.3, -0.25) is 5.10 Å². The lowest BCUT2D eigenvalue weighted by Gasteiger charge is -2.05. The summed E-state index contributed by atoms with van der Waals surface area (Å²) in [7, 11) is 0. The molecular formula is C16H16N4O. The molecule has 0 radical (unpaired) electrons. The lowest BCUT2D eigenvalue weighted by Crippen LogP contribution is -1.98. The molecule has 0 aliphatic heterocycles. The maximum absolute atomic E-state index is 5.31. The van der Waals surface area contributed by atoms with E-state index in [4.69, 9.17) is 4.42 Å². The first-order valence-electron chi connectivity index (χ1n) is 7.17. The number of anilines is 1. The van der Waals surface area contributed by atoms with E-state index < -0.39 is 0 Å². The first-order chi connectivity index (χ1) is 10.4. The van der Waals surface area contributed by atoms with Gasteiger partial charge in [0.25, 0.3) is 0 Å². The molecule has 0 amide bonds. The van der Waals surface area contributed by atoms with E-state index in [9.17, 15) is 0 Å². The van der Waals surface area contributed by atoms with E-state index in [1.807, 2.05) is 30.3 Å². The van der Waals surface area contributed by atoms with Gasteiger partial charge >= 0.3 is 0 Å². The van der Waals surface area contributed by atoms with Gasteiger partial charge in [0.1, 0.15) is 11.6 Å². The van der Waals surface area contributed by atoms with E-state index in [0.29, 0.717) is 12.5 Å². The zero-order valence-corrected chi connectivity index (χ0v) is 11.5. The van der Waals surface area contributed by atoms with Gasteiger partial charge in [-0.05, 0) is 37.1 Å². The minimum Gasteiger partial charge on any atom is -0.467 e. The highest BCUT2D eigenvalue weighted by Crippen LogP contribution is 2.38. The second kappa shape index (κ2) is 5.09. The number of nitrogens with one attached hydrogen (secondary N) is 2. The number of furan rings is 1. The van der Waals surface area contributed by atoms with Crippen LogP contribution in [-0.2, 0) is 6.54 Å². The molecule has 1 aliphatic carbocycles. The Morgan fingerprint density at radius 1 is 1.24 bits per heavy atom. The van der Waals surface area contributed by atoms with Crippen LogP contribution in [0.15, 0.2) is 47.1 Å². The second-order valence-electron chi connectivity index (χ2n) is 5.33. The molecule has 0 bridgehead atoms. The minimum atomic E-state index is 0.589. The van der Waals surface area contributed by atoms with Crippen molar-refractivity contribution in [1.82, 2.24) is 15.2 Å². The molecule has 1 fully saturated rings. The van der Waals surface area contributed by atoms with E-state index in [1.54, 1.807) is 6.26 Å². The van der Waals surface area contributed by atoms with Gasteiger partial charge in [-0.25, -0.2) is 4.98 Å². The third kappa shape index (κ3) is 2.67. The molecule has 4 rings (SSSR count). The summed E-state index contributed by atoms with van der Waals surface area (Å²) in [6.07, 6.45) is 4.12. The Balaban J connectivity index is 1.51. The van der Waals surface area contributed by atoms with Gasteiger partial charge in [0, 0.05) is 17.2 Å². The average molecular weight is 280 g/mol.